The molecule has 0 spiro atoms. The van der Waals surface area contributed by atoms with E-state index >= 15 is 0 Å². The van der Waals surface area contributed by atoms with Crippen LogP contribution in [0.2, 0.25) is 19.6 Å². The lowest BCUT2D eigenvalue weighted by Gasteiger charge is -2.20. The predicted octanol–water partition coefficient (Wildman–Crippen LogP) is 2.66. The van der Waals surface area contributed by atoms with Gasteiger partial charge >= 0.3 is 11.9 Å². The molecule has 0 aromatic heterocycles. The molecule has 5 heteroatoms. The Morgan fingerprint density at radius 1 is 0.952 bits per heavy atom. The molecule has 112 valence electrons. The maximum absolute atomic E-state index is 12.4. The molecule has 1 aromatic carbocycles. The number of carbonyl (C=O) groups is 2. The van der Waals surface area contributed by atoms with E-state index in [1.165, 1.54) is 14.2 Å². The van der Waals surface area contributed by atoms with Gasteiger partial charge in [-0.2, -0.15) is 0 Å². The van der Waals surface area contributed by atoms with Gasteiger partial charge in [-0.15, -0.1) is 0 Å². The van der Waals surface area contributed by atoms with Crippen molar-refractivity contribution in [1.82, 2.24) is 0 Å². The normalized spacial score (nSPS) is 16.4. The van der Waals surface area contributed by atoms with Crippen molar-refractivity contribution in [2.24, 2.45) is 5.41 Å². The molecule has 0 fully saturated rings. The lowest BCUT2D eigenvalue weighted by molar-refractivity contribution is -0.159. The summed E-state index contributed by atoms with van der Waals surface area (Å²) in [6, 6.07) is 9.49. The van der Waals surface area contributed by atoms with Crippen molar-refractivity contribution >= 4 is 25.6 Å². The summed E-state index contributed by atoms with van der Waals surface area (Å²) in [4.78, 5) is 24.8. The summed E-state index contributed by atoms with van der Waals surface area (Å²) < 4.78 is 9.84. The maximum Gasteiger partial charge on any atom is 0.331 e. The lowest BCUT2D eigenvalue weighted by atomic mass is 9.96. The average molecular weight is 304 g/mol. The molecule has 1 aromatic rings. The molecule has 0 saturated heterocycles. The van der Waals surface area contributed by atoms with Crippen LogP contribution in [0.25, 0.3) is 5.57 Å². The van der Waals surface area contributed by atoms with Crippen LogP contribution in [0.1, 0.15) is 5.56 Å². The van der Waals surface area contributed by atoms with Crippen molar-refractivity contribution in [3.8, 4) is 0 Å². The number of benzene rings is 1. The van der Waals surface area contributed by atoms with E-state index in [4.69, 9.17) is 9.47 Å². The van der Waals surface area contributed by atoms with E-state index in [1.807, 2.05) is 30.3 Å². The molecule has 4 nitrogen and oxygen atoms in total. The molecular weight excluding hydrogens is 284 g/mol. The first-order valence-electron chi connectivity index (χ1n) is 6.79. The van der Waals surface area contributed by atoms with Crippen LogP contribution in [0.15, 0.2) is 35.5 Å². The first-order valence-corrected chi connectivity index (χ1v) is 10.3. The SMILES string of the molecule is COC(=O)C1(C(=O)OC)C(c2ccccc2)=C1[Si](C)(C)C. The zero-order valence-electron chi connectivity index (χ0n) is 13.0. The van der Waals surface area contributed by atoms with Gasteiger partial charge in [0.1, 0.15) is 0 Å². The smallest absolute Gasteiger partial charge is 0.331 e. The van der Waals surface area contributed by atoms with E-state index < -0.39 is 25.4 Å². The molecule has 0 unspecified atom stereocenters. The zero-order chi connectivity index (χ0) is 15.8. The van der Waals surface area contributed by atoms with Gasteiger partial charge in [-0.1, -0.05) is 50.0 Å². The topological polar surface area (TPSA) is 52.6 Å². The van der Waals surface area contributed by atoms with Crippen LogP contribution in [0.5, 0.6) is 0 Å². The van der Waals surface area contributed by atoms with E-state index in [0.29, 0.717) is 0 Å². The molecule has 1 aliphatic rings. The summed E-state index contributed by atoms with van der Waals surface area (Å²) >= 11 is 0. The van der Waals surface area contributed by atoms with Crippen LogP contribution in [0, 0.1) is 5.41 Å². The Morgan fingerprint density at radius 2 is 1.43 bits per heavy atom. The number of rotatable bonds is 4. The number of ether oxygens (including phenoxy) is 2. The third-order valence-corrected chi connectivity index (χ3v) is 5.86. The van der Waals surface area contributed by atoms with Crippen molar-refractivity contribution in [3.05, 3.63) is 41.1 Å². The van der Waals surface area contributed by atoms with Gasteiger partial charge < -0.3 is 9.47 Å². The van der Waals surface area contributed by atoms with Crippen LogP contribution in [-0.2, 0) is 19.1 Å². The molecule has 0 amide bonds. The number of esters is 2. The lowest BCUT2D eigenvalue weighted by Crippen LogP contribution is -2.38. The summed E-state index contributed by atoms with van der Waals surface area (Å²) in [5, 5.41) is 0.903. The van der Waals surface area contributed by atoms with E-state index in [2.05, 4.69) is 19.6 Å². The van der Waals surface area contributed by atoms with Crippen LogP contribution in [0.3, 0.4) is 0 Å². The van der Waals surface area contributed by atoms with Crippen molar-refractivity contribution in [2.75, 3.05) is 14.2 Å². The summed E-state index contributed by atoms with van der Waals surface area (Å²) in [6.45, 7) is 6.33. The van der Waals surface area contributed by atoms with E-state index in [9.17, 15) is 9.59 Å². The standard InChI is InChI=1S/C16H20O4Si/c1-19-14(17)16(15(18)20-2)12(13(16)21(3,4)5)11-9-7-6-8-10-11/h6-10H,1-5H3. The summed E-state index contributed by atoms with van der Waals surface area (Å²) in [5.41, 5.74) is 0.307. The van der Waals surface area contributed by atoms with Crippen LogP contribution in [0.4, 0.5) is 0 Å². The van der Waals surface area contributed by atoms with Gasteiger partial charge in [0.25, 0.3) is 0 Å². The molecule has 0 atom stereocenters. The Balaban J connectivity index is 2.63. The highest BCUT2D eigenvalue weighted by atomic mass is 28.3. The summed E-state index contributed by atoms with van der Waals surface area (Å²) in [6.07, 6.45) is 0. The minimum Gasteiger partial charge on any atom is -0.468 e. The quantitative estimate of drug-likeness (QED) is 0.487. The summed E-state index contributed by atoms with van der Waals surface area (Å²) in [7, 11) is 0.718. The van der Waals surface area contributed by atoms with Crippen molar-refractivity contribution in [3.63, 3.8) is 0 Å². The van der Waals surface area contributed by atoms with Gasteiger partial charge in [0.2, 0.25) is 5.41 Å². The van der Waals surface area contributed by atoms with Crippen molar-refractivity contribution in [2.45, 2.75) is 19.6 Å². The Labute approximate surface area is 125 Å². The van der Waals surface area contributed by atoms with Crippen molar-refractivity contribution in [1.29, 1.82) is 0 Å². The number of carbonyl (C=O) groups excluding carboxylic acids is 2. The molecule has 0 radical (unpaired) electrons. The fourth-order valence-corrected chi connectivity index (χ4v) is 5.46. The fraction of sp³-hybridized carbons (Fsp3) is 0.375. The first kappa shape index (κ1) is 15.5. The van der Waals surface area contributed by atoms with Crippen molar-refractivity contribution < 1.29 is 19.1 Å². The number of hydrogen-bond donors (Lipinski definition) is 0. The molecule has 1 aliphatic carbocycles. The Morgan fingerprint density at radius 3 is 1.81 bits per heavy atom. The number of methoxy groups -OCH3 is 2. The molecule has 21 heavy (non-hydrogen) atoms. The van der Waals surface area contributed by atoms with Gasteiger partial charge in [-0.05, 0) is 16.3 Å². The highest BCUT2D eigenvalue weighted by molar-refractivity contribution is 6.87. The Hall–Kier alpha value is -1.88. The van der Waals surface area contributed by atoms with Gasteiger partial charge in [-0.25, -0.2) is 0 Å². The van der Waals surface area contributed by atoms with Gasteiger partial charge in [0.05, 0.1) is 22.3 Å². The highest BCUT2D eigenvalue weighted by Gasteiger charge is 2.69. The Kier molecular flexibility index (Phi) is 3.80. The van der Waals surface area contributed by atoms with E-state index in [1.54, 1.807) is 0 Å². The second-order valence-corrected chi connectivity index (χ2v) is 11.1. The molecule has 0 heterocycles. The van der Waals surface area contributed by atoms with Crippen LogP contribution in [-0.4, -0.2) is 34.2 Å². The van der Waals surface area contributed by atoms with Gasteiger partial charge in [-0.3, -0.25) is 9.59 Å². The first-order chi connectivity index (χ1) is 9.81. The molecule has 2 rings (SSSR count). The Bertz CT molecular complexity index is 595. The molecule has 0 N–H and O–H groups in total. The maximum atomic E-state index is 12.4. The second kappa shape index (κ2) is 5.15. The van der Waals surface area contributed by atoms with Gasteiger partial charge in [0, 0.05) is 0 Å². The van der Waals surface area contributed by atoms with Crippen LogP contribution < -0.4 is 0 Å². The van der Waals surface area contributed by atoms with E-state index in [-0.39, 0.29) is 0 Å². The molecule has 0 saturated carbocycles. The highest BCUT2D eigenvalue weighted by Crippen LogP contribution is 2.63. The molecule has 0 bridgehead atoms. The van der Waals surface area contributed by atoms with E-state index in [0.717, 1.165) is 16.3 Å². The van der Waals surface area contributed by atoms with Gasteiger partial charge in [0.15, 0.2) is 0 Å². The number of hydrogen-bond acceptors (Lipinski definition) is 4. The third kappa shape index (κ3) is 2.21. The minimum atomic E-state index is -1.88. The third-order valence-electron chi connectivity index (χ3n) is 3.73. The molecule has 0 aliphatic heterocycles. The minimum absolute atomic E-state index is 0.550. The predicted molar refractivity (Wildman–Crippen MR) is 83.2 cm³/mol. The second-order valence-electron chi connectivity index (χ2n) is 6.10. The monoisotopic (exact) mass is 304 g/mol. The van der Waals surface area contributed by atoms with Crippen LogP contribution >= 0.6 is 0 Å². The fourth-order valence-electron chi connectivity index (χ4n) is 2.98. The summed E-state index contributed by atoms with van der Waals surface area (Å²) in [5.74, 6) is -1.10. The largest absolute Gasteiger partial charge is 0.468 e. The molecular formula is C16H20O4Si. The average Bonchev–Trinajstić information content (AvgIpc) is 3.18. The zero-order valence-corrected chi connectivity index (χ0v) is 14.0.